The minimum atomic E-state index is -0.307. The lowest BCUT2D eigenvalue weighted by atomic mass is 10.1. The van der Waals surface area contributed by atoms with Gasteiger partial charge in [0.25, 0.3) is 0 Å². The van der Waals surface area contributed by atoms with Crippen LogP contribution in [-0.4, -0.2) is 16.5 Å². The number of aromatic nitrogens is 2. The molecule has 112 valence electrons. The maximum atomic E-state index is 13.0. The molecular weight excluding hydrogens is 265 g/mol. The van der Waals surface area contributed by atoms with Crippen molar-refractivity contribution < 1.29 is 4.39 Å². The van der Waals surface area contributed by atoms with Gasteiger partial charge < -0.3 is 5.32 Å². The largest absolute Gasteiger partial charge is 0.308 e. The van der Waals surface area contributed by atoms with Gasteiger partial charge in [-0.2, -0.15) is 0 Å². The highest BCUT2D eigenvalue weighted by atomic mass is 19.1. The van der Waals surface area contributed by atoms with E-state index in [2.05, 4.69) is 41.3 Å². The third kappa shape index (κ3) is 4.60. The second-order valence-electron chi connectivity index (χ2n) is 5.12. The SMILES string of the molecule is CCCNC(Cc1ccc(CC)cn1)c1ccc(F)cn1. The van der Waals surface area contributed by atoms with Crippen LogP contribution in [0.3, 0.4) is 0 Å². The van der Waals surface area contributed by atoms with Crippen LogP contribution < -0.4 is 5.32 Å². The van der Waals surface area contributed by atoms with E-state index in [1.807, 2.05) is 6.20 Å². The number of pyridine rings is 2. The van der Waals surface area contributed by atoms with Gasteiger partial charge in [0.15, 0.2) is 0 Å². The van der Waals surface area contributed by atoms with E-state index in [0.717, 1.165) is 37.2 Å². The molecular formula is C17H22FN3. The van der Waals surface area contributed by atoms with Crippen LogP contribution in [0, 0.1) is 5.82 Å². The summed E-state index contributed by atoms with van der Waals surface area (Å²) in [6.45, 7) is 5.14. The Labute approximate surface area is 125 Å². The van der Waals surface area contributed by atoms with E-state index in [1.165, 1.54) is 17.8 Å². The molecule has 2 heterocycles. The van der Waals surface area contributed by atoms with Crippen LogP contribution in [0.4, 0.5) is 4.39 Å². The minimum Gasteiger partial charge on any atom is -0.308 e. The van der Waals surface area contributed by atoms with Crippen molar-refractivity contribution in [3.8, 4) is 0 Å². The van der Waals surface area contributed by atoms with Crippen molar-refractivity contribution in [3.63, 3.8) is 0 Å². The Morgan fingerprint density at radius 2 is 1.95 bits per heavy atom. The first-order valence-electron chi connectivity index (χ1n) is 7.51. The summed E-state index contributed by atoms with van der Waals surface area (Å²) in [6, 6.07) is 7.42. The van der Waals surface area contributed by atoms with Crippen LogP contribution in [0.1, 0.15) is 43.3 Å². The lowest BCUT2D eigenvalue weighted by molar-refractivity contribution is 0.510. The molecule has 0 radical (unpaired) electrons. The van der Waals surface area contributed by atoms with E-state index < -0.39 is 0 Å². The molecule has 0 spiro atoms. The Hall–Kier alpha value is -1.81. The maximum Gasteiger partial charge on any atom is 0.141 e. The first-order chi connectivity index (χ1) is 10.2. The number of hydrogen-bond donors (Lipinski definition) is 1. The molecule has 2 aromatic rings. The molecule has 1 unspecified atom stereocenters. The van der Waals surface area contributed by atoms with E-state index in [-0.39, 0.29) is 11.9 Å². The van der Waals surface area contributed by atoms with Gasteiger partial charge in [0.05, 0.1) is 17.9 Å². The molecule has 1 atom stereocenters. The molecule has 4 heteroatoms. The maximum absolute atomic E-state index is 13.0. The molecule has 0 bridgehead atoms. The highest BCUT2D eigenvalue weighted by molar-refractivity contribution is 5.17. The lowest BCUT2D eigenvalue weighted by Gasteiger charge is -2.17. The average Bonchev–Trinajstić information content (AvgIpc) is 2.53. The molecule has 1 N–H and O–H groups in total. The summed E-state index contributed by atoms with van der Waals surface area (Å²) in [7, 11) is 0. The third-order valence-electron chi connectivity index (χ3n) is 3.46. The summed E-state index contributed by atoms with van der Waals surface area (Å²) < 4.78 is 13.0. The van der Waals surface area contributed by atoms with Crippen LogP contribution >= 0.6 is 0 Å². The normalized spacial score (nSPS) is 12.3. The summed E-state index contributed by atoms with van der Waals surface area (Å²) in [6.07, 6.45) is 5.97. The first-order valence-corrected chi connectivity index (χ1v) is 7.51. The van der Waals surface area contributed by atoms with Crippen molar-refractivity contribution in [3.05, 3.63) is 59.4 Å². The molecule has 0 aliphatic carbocycles. The fraction of sp³-hybridized carbons (Fsp3) is 0.412. The zero-order chi connectivity index (χ0) is 15.1. The van der Waals surface area contributed by atoms with Crippen molar-refractivity contribution in [1.82, 2.24) is 15.3 Å². The summed E-state index contributed by atoms with van der Waals surface area (Å²) in [5.41, 5.74) is 3.11. The molecule has 0 aromatic carbocycles. The van der Waals surface area contributed by atoms with Gasteiger partial charge >= 0.3 is 0 Å². The Kier molecular flexibility index (Phi) is 5.81. The molecule has 0 aliphatic rings. The number of nitrogens with one attached hydrogen (secondary N) is 1. The molecule has 0 aliphatic heterocycles. The Morgan fingerprint density at radius 1 is 1.10 bits per heavy atom. The first kappa shape index (κ1) is 15.6. The highest BCUT2D eigenvalue weighted by Crippen LogP contribution is 2.16. The fourth-order valence-corrected chi connectivity index (χ4v) is 2.19. The van der Waals surface area contributed by atoms with Gasteiger partial charge in [-0.1, -0.05) is 19.9 Å². The molecule has 0 saturated heterocycles. The lowest BCUT2D eigenvalue weighted by Crippen LogP contribution is -2.25. The quantitative estimate of drug-likeness (QED) is 0.847. The van der Waals surface area contributed by atoms with Crippen LogP contribution in [0.25, 0.3) is 0 Å². The molecule has 0 amide bonds. The second kappa shape index (κ2) is 7.84. The average molecular weight is 287 g/mol. The predicted octanol–water partition coefficient (Wildman–Crippen LogP) is 3.46. The smallest absolute Gasteiger partial charge is 0.141 e. The van der Waals surface area contributed by atoms with Gasteiger partial charge in [0.1, 0.15) is 5.82 Å². The van der Waals surface area contributed by atoms with Crippen molar-refractivity contribution >= 4 is 0 Å². The number of nitrogens with zero attached hydrogens (tertiary/aromatic N) is 2. The molecule has 0 fully saturated rings. The summed E-state index contributed by atoms with van der Waals surface area (Å²) >= 11 is 0. The molecule has 2 aromatic heterocycles. The summed E-state index contributed by atoms with van der Waals surface area (Å²) in [5, 5.41) is 3.46. The number of aryl methyl sites for hydroxylation is 1. The van der Waals surface area contributed by atoms with Crippen LogP contribution in [0.2, 0.25) is 0 Å². The highest BCUT2D eigenvalue weighted by Gasteiger charge is 2.13. The van der Waals surface area contributed by atoms with E-state index in [9.17, 15) is 4.39 Å². The van der Waals surface area contributed by atoms with Crippen molar-refractivity contribution in [2.75, 3.05) is 6.54 Å². The zero-order valence-corrected chi connectivity index (χ0v) is 12.6. The van der Waals surface area contributed by atoms with Gasteiger partial charge in [-0.25, -0.2) is 4.39 Å². The Bertz CT molecular complexity index is 537. The van der Waals surface area contributed by atoms with Gasteiger partial charge in [0.2, 0.25) is 0 Å². The Balaban J connectivity index is 2.13. The standard InChI is InChI=1S/C17H22FN3/c1-3-9-19-17(16-8-6-14(18)12-21-16)10-15-7-5-13(4-2)11-20-15/h5-8,11-12,17,19H,3-4,9-10H2,1-2H3. The van der Waals surface area contributed by atoms with E-state index >= 15 is 0 Å². The van der Waals surface area contributed by atoms with E-state index in [1.54, 1.807) is 6.07 Å². The summed E-state index contributed by atoms with van der Waals surface area (Å²) in [4.78, 5) is 8.69. The number of rotatable bonds is 7. The van der Waals surface area contributed by atoms with Gasteiger partial charge in [0, 0.05) is 18.3 Å². The minimum absolute atomic E-state index is 0.0607. The van der Waals surface area contributed by atoms with E-state index in [0.29, 0.717) is 0 Å². The summed E-state index contributed by atoms with van der Waals surface area (Å²) in [5.74, 6) is -0.307. The Morgan fingerprint density at radius 3 is 2.52 bits per heavy atom. The van der Waals surface area contributed by atoms with Crippen molar-refractivity contribution in [1.29, 1.82) is 0 Å². The number of hydrogen-bond acceptors (Lipinski definition) is 3. The van der Waals surface area contributed by atoms with Crippen molar-refractivity contribution in [2.45, 2.75) is 39.2 Å². The monoisotopic (exact) mass is 287 g/mol. The number of halogens is 1. The third-order valence-corrected chi connectivity index (χ3v) is 3.46. The van der Waals surface area contributed by atoms with E-state index in [4.69, 9.17) is 0 Å². The van der Waals surface area contributed by atoms with Crippen molar-refractivity contribution in [2.24, 2.45) is 0 Å². The molecule has 21 heavy (non-hydrogen) atoms. The predicted molar refractivity (Wildman–Crippen MR) is 82.5 cm³/mol. The molecule has 3 nitrogen and oxygen atoms in total. The molecule has 2 rings (SSSR count). The zero-order valence-electron chi connectivity index (χ0n) is 12.6. The van der Waals surface area contributed by atoms with Gasteiger partial charge in [-0.3, -0.25) is 9.97 Å². The van der Waals surface area contributed by atoms with Gasteiger partial charge in [-0.05, 0) is 43.1 Å². The molecule has 0 saturated carbocycles. The van der Waals surface area contributed by atoms with Crippen LogP contribution in [-0.2, 0) is 12.8 Å². The second-order valence-corrected chi connectivity index (χ2v) is 5.12. The van der Waals surface area contributed by atoms with Gasteiger partial charge in [-0.15, -0.1) is 0 Å². The van der Waals surface area contributed by atoms with Crippen LogP contribution in [0.15, 0.2) is 36.7 Å². The van der Waals surface area contributed by atoms with Crippen LogP contribution in [0.5, 0.6) is 0 Å². The fourth-order valence-electron chi connectivity index (χ4n) is 2.19. The topological polar surface area (TPSA) is 37.8 Å².